The second-order valence-corrected chi connectivity index (χ2v) is 2.87. The zero-order valence-electron chi connectivity index (χ0n) is 7.20. The molecule has 4 heteroatoms. The standard InChI is InChI=1S/C9H10ClNO2/c1-11(9(13)6-10)7-3-2-4-8(12)5-7/h2-5,12H,6H2,1H3. The molecule has 1 aromatic carbocycles. The van der Waals surface area contributed by atoms with Gasteiger partial charge in [-0.3, -0.25) is 4.79 Å². The van der Waals surface area contributed by atoms with Crippen LogP contribution in [0.4, 0.5) is 5.69 Å². The van der Waals surface area contributed by atoms with Crippen LogP contribution in [0.25, 0.3) is 0 Å². The van der Waals surface area contributed by atoms with Crippen molar-refractivity contribution in [2.45, 2.75) is 0 Å². The minimum Gasteiger partial charge on any atom is -0.508 e. The van der Waals surface area contributed by atoms with Gasteiger partial charge in [0.1, 0.15) is 11.6 Å². The van der Waals surface area contributed by atoms with Crippen LogP contribution in [0.5, 0.6) is 5.75 Å². The van der Waals surface area contributed by atoms with Crippen LogP contribution in [0, 0.1) is 0 Å². The first kappa shape index (κ1) is 9.86. The van der Waals surface area contributed by atoms with Crippen molar-refractivity contribution in [1.29, 1.82) is 0 Å². The van der Waals surface area contributed by atoms with Crippen molar-refractivity contribution < 1.29 is 9.90 Å². The number of phenolic OH excluding ortho intramolecular Hbond substituents is 1. The Balaban J connectivity index is 2.88. The number of phenols is 1. The number of carbonyl (C=O) groups excluding carboxylic acids is 1. The molecule has 0 heterocycles. The normalized spacial score (nSPS) is 9.69. The fourth-order valence-electron chi connectivity index (χ4n) is 0.935. The SMILES string of the molecule is CN(C(=O)CCl)c1cccc(O)c1. The lowest BCUT2D eigenvalue weighted by Crippen LogP contribution is -2.26. The molecule has 1 aromatic rings. The molecule has 3 nitrogen and oxygen atoms in total. The van der Waals surface area contributed by atoms with E-state index in [0.29, 0.717) is 5.69 Å². The van der Waals surface area contributed by atoms with Crippen molar-refractivity contribution in [3.05, 3.63) is 24.3 Å². The summed E-state index contributed by atoms with van der Waals surface area (Å²) in [6.07, 6.45) is 0. The summed E-state index contributed by atoms with van der Waals surface area (Å²) in [5.74, 6) is -0.134. The zero-order chi connectivity index (χ0) is 9.84. The number of aromatic hydroxyl groups is 1. The highest BCUT2D eigenvalue weighted by atomic mass is 35.5. The quantitative estimate of drug-likeness (QED) is 0.735. The largest absolute Gasteiger partial charge is 0.508 e. The Bertz CT molecular complexity index is 314. The lowest BCUT2D eigenvalue weighted by atomic mass is 10.3. The number of alkyl halides is 1. The second kappa shape index (κ2) is 4.14. The fraction of sp³-hybridized carbons (Fsp3) is 0.222. The number of carbonyl (C=O) groups is 1. The Labute approximate surface area is 81.5 Å². The van der Waals surface area contributed by atoms with Gasteiger partial charge in [0.2, 0.25) is 5.91 Å². The summed E-state index contributed by atoms with van der Waals surface area (Å²) < 4.78 is 0. The van der Waals surface area contributed by atoms with E-state index in [1.54, 1.807) is 25.2 Å². The first-order valence-corrected chi connectivity index (χ1v) is 4.30. The van der Waals surface area contributed by atoms with Crippen molar-refractivity contribution in [1.82, 2.24) is 0 Å². The smallest absolute Gasteiger partial charge is 0.241 e. The summed E-state index contributed by atoms with van der Waals surface area (Å²) in [4.78, 5) is 12.5. The molecule has 1 amide bonds. The van der Waals surface area contributed by atoms with E-state index in [9.17, 15) is 4.79 Å². The highest BCUT2D eigenvalue weighted by Crippen LogP contribution is 2.18. The highest BCUT2D eigenvalue weighted by Gasteiger charge is 2.08. The maximum absolute atomic E-state index is 11.1. The van der Waals surface area contributed by atoms with Gasteiger partial charge < -0.3 is 10.0 Å². The van der Waals surface area contributed by atoms with E-state index in [-0.39, 0.29) is 17.5 Å². The average Bonchev–Trinajstić information content (AvgIpc) is 2.15. The molecule has 0 radical (unpaired) electrons. The maximum atomic E-state index is 11.1. The Kier molecular flexibility index (Phi) is 3.14. The third kappa shape index (κ3) is 2.36. The van der Waals surface area contributed by atoms with Gasteiger partial charge in [-0.15, -0.1) is 11.6 Å². The van der Waals surface area contributed by atoms with Gasteiger partial charge in [0.05, 0.1) is 0 Å². The van der Waals surface area contributed by atoms with E-state index >= 15 is 0 Å². The van der Waals surface area contributed by atoms with Gasteiger partial charge in [-0.2, -0.15) is 0 Å². The lowest BCUT2D eigenvalue weighted by Gasteiger charge is -2.15. The van der Waals surface area contributed by atoms with Gasteiger partial charge in [0.25, 0.3) is 0 Å². The van der Waals surface area contributed by atoms with E-state index in [2.05, 4.69) is 0 Å². The topological polar surface area (TPSA) is 40.5 Å². The fourth-order valence-corrected chi connectivity index (χ4v) is 1.11. The number of rotatable bonds is 2. The third-order valence-corrected chi connectivity index (χ3v) is 1.93. The first-order valence-electron chi connectivity index (χ1n) is 3.76. The summed E-state index contributed by atoms with van der Waals surface area (Å²) in [6, 6.07) is 6.44. The molecule has 0 aliphatic heterocycles. The van der Waals surface area contributed by atoms with Gasteiger partial charge in [0.15, 0.2) is 0 Å². The Morgan fingerprint density at radius 3 is 2.85 bits per heavy atom. The van der Waals surface area contributed by atoms with Gasteiger partial charge in [-0.05, 0) is 12.1 Å². The molecule has 0 aliphatic carbocycles. The molecule has 0 atom stereocenters. The molecule has 0 saturated heterocycles. The van der Waals surface area contributed by atoms with Crippen LogP contribution in [-0.4, -0.2) is 23.9 Å². The molecule has 13 heavy (non-hydrogen) atoms. The Hall–Kier alpha value is -1.22. The number of hydrogen-bond donors (Lipinski definition) is 1. The van der Waals surface area contributed by atoms with Crippen molar-refractivity contribution in [2.75, 3.05) is 17.8 Å². The summed E-state index contributed by atoms with van der Waals surface area (Å²) in [6.45, 7) is 0. The zero-order valence-corrected chi connectivity index (χ0v) is 7.95. The number of anilines is 1. The number of nitrogens with zero attached hydrogens (tertiary/aromatic N) is 1. The molecular weight excluding hydrogens is 190 g/mol. The predicted octanol–water partition coefficient (Wildman–Crippen LogP) is 1.59. The number of amides is 1. The third-order valence-electron chi connectivity index (χ3n) is 1.71. The molecule has 1 rings (SSSR count). The molecule has 0 aromatic heterocycles. The molecule has 70 valence electrons. The summed E-state index contributed by atoms with van der Waals surface area (Å²) in [5, 5.41) is 9.15. The molecule has 1 N–H and O–H groups in total. The molecule has 0 unspecified atom stereocenters. The van der Waals surface area contributed by atoms with Crippen molar-refractivity contribution >= 4 is 23.2 Å². The number of halogens is 1. The summed E-state index contributed by atoms with van der Waals surface area (Å²) in [7, 11) is 1.61. The minimum absolute atomic E-state index is 0.0633. The van der Waals surface area contributed by atoms with Crippen LogP contribution in [0.15, 0.2) is 24.3 Å². The van der Waals surface area contributed by atoms with Gasteiger partial charge in [-0.25, -0.2) is 0 Å². The maximum Gasteiger partial charge on any atom is 0.241 e. The predicted molar refractivity (Wildman–Crippen MR) is 52.2 cm³/mol. The van der Waals surface area contributed by atoms with E-state index in [0.717, 1.165) is 0 Å². The highest BCUT2D eigenvalue weighted by molar-refractivity contribution is 6.29. The molecule has 0 fully saturated rings. The van der Waals surface area contributed by atoms with Crippen LogP contribution < -0.4 is 4.90 Å². The molecule has 0 aliphatic rings. The van der Waals surface area contributed by atoms with Crippen LogP contribution in [0.3, 0.4) is 0 Å². The van der Waals surface area contributed by atoms with E-state index in [1.165, 1.54) is 11.0 Å². The van der Waals surface area contributed by atoms with Crippen molar-refractivity contribution in [3.63, 3.8) is 0 Å². The van der Waals surface area contributed by atoms with E-state index < -0.39 is 0 Å². The van der Waals surface area contributed by atoms with Crippen LogP contribution >= 0.6 is 11.6 Å². The van der Waals surface area contributed by atoms with Crippen molar-refractivity contribution in [3.8, 4) is 5.75 Å². The first-order chi connectivity index (χ1) is 6.15. The van der Waals surface area contributed by atoms with E-state index in [1.807, 2.05) is 0 Å². The number of hydrogen-bond acceptors (Lipinski definition) is 2. The van der Waals surface area contributed by atoms with Gasteiger partial charge in [0, 0.05) is 18.8 Å². The second-order valence-electron chi connectivity index (χ2n) is 2.61. The van der Waals surface area contributed by atoms with Crippen LogP contribution in [0.2, 0.25) is 0 Å². The van der Waals surface area contributed by atoms with Crippen LogP contribution in [-0.2, 0) is 4.79 Å². The lowest BCUT2D eigenvalue weighted by molar-refractivity contribution is -0.116. The summed E-state index contributed by atoms with van der Waals surface area (Å²) >= 11 is 5.38. The number of benzene rings is 1. The molecular formula is C9H10ClNO2. The van der Waals surface area contributed by atoms with Crippen molar-refractivity contribution in [2.24, 2.45) is 0 Å². The summed E-state index contributed by atoms with van der Waals surface area (Å²) in [5.41, 5.74) is 0.630. The average molecular weight is 200 g/mol. The molecule has 0 bridgehead atoms. The monoisotopic (exact) mass is 199 g/mol. The van der Waals surface area contributed by atoms with Gasteiger partial charge in [-0.1, -0.05) is 6.07 Å². The van der Waals surface area contributed by atoms with Crippen LogP contribution in [0.1, 0.15) is 0 Å². The molecule has 0 spiro atoms. The minimum atomic E-state index is -0.202. The molecule has 0 saturated carbocycles. The Morgan fingerprint density at radius 2 is 2.31 bits per heavy atom. The van der Waals surface area contributed by atoms with Gasteiger partial charge >= 0.3 is 0 Å². The Morgan fingerprint density at radius 1 is 1.62 bits per heavy atom. The van der Waals surface area contributed by atoms with E-state index in [4.69, 9.17) is 16.7 Å².